The third-order valence-corrected chi connectivity index (χ3v) is 4.70. The van der Waals surface area contributed by atoms with Gasteiger partial charge in [0.05, 0.1) is 25.9 Å². The predicted molar refractivity (Wildman–Crippen MR) is 115 cm³/mol. The van der Waals surface area contributed by atoms with Crippen LogP contribution < -0.4 is 14.2 Å². The summed E-state index contributed by atoms with van der Waals surface area (Å²) in [6.07, 6.45) is 1.81. The van der Waals surface area contributed by atoms with Crippen molar-refractivity contribution >= 4 is 23.3 Å². The zero-order valence-electron chi connectivity index (χ0n) is 16.2. The Kier molecular flexibility index (Phi) is 6.78. The van der Waals surface area contributed by atoms with Crippen molar-refractivity contribution in [3.63, 3.8) is 0 Å². The van der Waals surface area contributed by atoms with Gasteiger partial charge in [-0.2, -0.15) is 5.26 Å². The van der Waals surface area contributed by atoms with E-state index in [-0.39, 0.29) is 0 Å². The molecule has 0 saturated carbocycles. The lowest BCUT2D eigenvalue weighted by molar-refractivity contribution is 0.306. The van der Waals surface area contributed by atoms with Crippen molar-refractivity contribution in [2.24, 2.45) is 0 Å². The standard InChI is InChI=1S/C24H20ClNO3/c1-27-23-11-10-18(14-24(23)28-2)20(15-26)12-17-6-5-8-21(13-17)29-16-19-7-3-4-9-22(19)25/h3-14H,16H2,1-2H3/b20-12+. The molecule has 3 aromatic carbocycles. The van der Waals surface area contributed by atoms with Crippen LogP contribution in [0.4, 0.5) is 0 Å². The smallest absolute Gasteiger partial charge is 0.161 e. The van der Waals surface area contributed by atoms with E-state index in [1.54, 1.807) is 26.4 Å². The lowest BCUT2D eigenvalue weighted by Crippen LogP contribution is -1.96. The summed E-state index contributed by atoms with van der Waals surface area (Å²) < 4.78 is 16.5. The van der Waals surface area contributed by atoms with Gasteiger partial charge >= 0.3 is 0 Å². The summed E-state index contributed by atoms with van der Waals surface area (Å²) in [6, 6.07) is 22.8. The highest BCUT2D eigenvalue weighted by Crippen LogP contribution is 2.31. The molecule has 3 rings (SSSR count). The lowest BCUT2D eigenvalue weighted by Gasteiger charge is -2.10. The van der Waals surface area contributed by atoms with Crippen LogP contribution in [0.3, 0.4) is 0 Å². The van der Waals surface area contributed by atoms with Crippen molar-refractivity contribution in [2.45, 2.75) is 6.61 Å². The Hall–Kier alpha value is -3.42. The van der Waals surface area contributed by atoms with Crippen molar-refractivity contribution in [1.29, 1.82) is 5.26 Å². The van der Waals surface area contributed by atoms with Gasteiger partial charge in [-0.25, -0.2) is 0 Å². The molecule has 146 valence electrons. The van der Waals surface area contributed by atoms with Crippen molar-refractivity contribution in [1.82, 2.24) is 0 Å². The molecular formula is C24H20ClNO3. The second-order valence-corrected chi connectivity index (χ2v) is 6.60. The van der Waals surface area contributed by atoms with Gasteiger partial charge in [0.2, 0.25) is 0 Å². The van der Waals surface area contributed by atoms with Crippen LogP contribution in [0, 0.1) is 11.3 Å². The minimum absolute atomic E-state index is 0.369. The van der Waals surface area contributed by atoms with Crippen LogP contribution in [-0.2, 0) is 6.61 Å². The molecule has 0 unspecified atom stereocenters. The number of halogens is 1. The lowest BCUT2D eigenvalue weighted by atomic mass is 10.0. The van der Waals surface area contributed by atoms with Crippen LogP contribution in [0.1, 0.15) is 16.7 Å². The van der Waals surface area contributed by atoms with Gasteiger partial charge in [-0.1, -0.05) is 41.9 Å². The maximum absolute atomic E-state index is 9.65. The minimum Gasteiger partial charge on any atom is -0.493 e. The maximum Gasteiger partial charge on any atom is 0.161 e. The summed E-state index contributed by atoms with van der Waals surface area (Å²) in [5, 5.41) is 10.3. The van der Waals surface area contributed by atoms with E-state index in [4.69, 9.17) is 25.8 Å². The van der Waals surface area contributed by atoms with Crippen molar-refractivity contribution < 1.29 is 14.2 Å². The third kappa shape index (κ3) is 5.10. The Labute approximate surface area is 175 Å². The number of nitriles is 1. The van der Waals surface area contributed by atoms with Crippen molar-refractivity contribution in [3.8, 4) is 23.3 Å². The number of methoxy groups -OCH3 is 2. The molecule has 0 amide bonds. The first-order chi connectivity index (χ1) is 14.1. The quantitative estimate of drug-likeness (QED) is 0.357. The molecule has 0 aliphatic rings. The number of hydrogen-bond acceptors (Lipinski definition) is 4. The van der Waals surface area contributed by atoms with E-state index in [0.717, 1.165) is 16.7 Å². The molecule has 0 aliphatic carbocycles. The highest BCUT2D eigenvalue weighted by atomic mass is 35.5. The van der Waals surface area contributed by atoms with E-state index in [1.807, 2.05) is 60.7 Å². The Morgan fingerprint density at radius 3 is 2.48 bits per heavy atom. The molecule has 3 aromatic rings. The Morgan fingerprint density at radius 2 is 1.76 bits per heavy atom. The van der Waals surface area contributed by atoms with Gasteiger partial charge in [-0.05, 0) is 53.6 Å². The first-order valence-corrected chi connectivity index (χ1v) is 9.33. The molecule has 0 aliphatic heterocycles. The molecule has 0 atom stereocenters. The number of rotatable bonds is 7. The Balaban J connectivity index is 1.83. The van der Waals surface area contributed by atoms with Crippen LogP contribution >= 0.6 is 11.6 Å². The Morgan fingerprint density at radius 1 is 0.966 bits per heavy atom. The van der Waals surface area contributed by atoms with Gasteiger partial charge in [0.25, 0.3) is 0 Å². The van der Waals surface area contributed by atoms with Gasteiger partial charge in [-0.3, -0.25) is 0 Å². The second-order valence-electron chi connectivity index (χ2n) is 6.19. The summed E-state index contributed by atoms with van der Waals surface area (Å²) in [7, 11) is 3.14. The fourth-order valence-electron chi connectivity index (χ4n) is 2.82. The molecule has 0 fully saturated rings. The van der Waals surface area contributed by atoms with E-state index < -0.39 is 0 Å². The van der Waals surface area contributed by atoms with Crippen LogP contribution in [0.2, 0.25) is 5.02 Å². The molecule has 0 spiro atoms. The summed E-state index contributed by atoms with van der Waals surface area (Å²) in [6.45, 7) is 0.369. The van der Waals surface area contributed by atoms with Gasteiger partial charge in [0.15, 0.2) is 11.5 Å². The predicted octanol–water partition coefficient (Wildman–Crippen LogP) is 6.00. The van der Waals surface area contributed by atoms with E-state index >= 15 is 0 Å². The molecular weight excluding hydrogens is 386 g/mol. The average molecular weight is 406 g/mol. The molecule has 0 radical (unpaired) electrons. The van der Waals surface area contributed by atoms with Crippen LogP contribution in [0.15, 0.2) is 66.7 Å². The molecule has 0 bridgehead atoms. The molecule has 29 heavy (non-hydrogen) atoms. The fraction of sp³-hybridized carbons (Fsp3) is 0.125. The van der Waals surface area contributed by atoms with Crippen molar-refractivity contribution in [3.05, 3.63) is 88.4 Å². The number of nitrogens with zero attached hydrogens (tertiary/aromatic N) is 1. The highest BCUT2D eigenvalue weighted by Gasteiger charge is 2.08. The zero-order valence-corrected chi connectivity index (χ0v) is 16.9. The van der Waals surface area contributed by atoms with E-state index in [0.29, 0.717) is 34.5 Å². The van der Waals surface area contributed by atoms with E-state index in [1.165, 1.54) is 0 Å². The number of benzene rings is 3. The molecule has 0 N–H and O–H groups in total. The summed E-state index contributed by atoms with van der Waals surface area (Å²) in [4.78, 5) is 0. The zero-order chi connectivity index (χ0) is 20.6. The van der Waals surface area contributed by atoms with Gasteiger partial charge in [-0.15, -0.1) is 0 Å². The first-order valence-electron chi connectivity index (χ1n) is 8.95. The molecule has 0 heterocycles. The number of allylic oxidation sites excluding steroid dienone is 1. The Bertz CT molecular complexity index is 1070. The van der Waals surface area contributed by atoms with Crippen LogP contribution in [0.5, 0.6) is 17.2 Å². The van der Waals surface area contributed by atoms with E-state index in [2.05, 4.69) is 6.07 Å². The SMILES string of the molecule is COc1ccc(/C(C#N)=C/c2cccc(OCc3ccccc3Cl)c2)cc1OC. The second kappa shape index (κ2) is 9.68. The largest absolute Gasteiger partial charge is 0.493 e. The first kappa shape index (κ1) is 20.3. The monoisotopic (exact) mass is 405 g/mol. The summed E-state index contributed by atoms with van der Waals surface area (Å²) in [5.41, 5.74) is 3.02. The van der Waals surface area contributed by atoms with Crippen molar-refractivity contribution in [2.75, 3.05) is 14.2 Å². The molecule has 5 heteroatoms. The average Bonchev–Trinajstić information content (AvgIpc) is 2.76. The van der Waals surface area contributed by atoms with Crippen LogP contribution in [0.25, 0.3) is 11.6 Å². The molecule has 0 aromatic heterocycles. The normalized spacial score (nSPS) is 10.9. The third-order valence-electron chi connectivity index (χ3n) is 4.34. The number of ether oxygens (including phenoxy) is 3. The summed E-state index contributed by atoms with van der Waals surface area (Å²) >= 11 is 6.18. The van der Waals surface area contributed by atoms with Gasteiger partial charge < -0.3 is 14.2 Å². The highest BCUT2D eigenvalue weighted by molar-refractivity contribution is 6.31. The van der Waals surface area contributed by atoms with Gasteiger partial charge in [0, 0.05) is 10.6 Å². The fourth-order valence-corrected chi connectivity index (χ4v) is 3.01. The number of hydrogen-bond donors (Lipinski definition) is 0. The van der Waals surface area contributed by atoms with Gasteiger partial charge in [0.1, 0.15) is 12.4 Å². The molecule has 0 saturated heterocycles. The summed E-state index contributed by atoms with van der Waals surface area (Å²) in [5.74, 6) is 1.88. The molecule has 4 nitrogen and oxygen atoms in total. The maximum atomic E-state index is 9.65. The minimum atomic E-state index is 0.369. The van der Waals surface area contributed by atoms with E-state index in [9.17, 15) is 5.26 Å². The van der Waals surface area contributed by atoms with Crippen LogP contribution in [-0.4, -0.2) is 14.2 Å². The topological polar surface area (TPSA) is 51.5 Å².